The molecule has 2 heterocycles. The zero-order chi connectivity index (χ0) is 18.2. The normalized spacial score (nSPS) is 20.7. The molecule has 8 heteroatoms. The number of carbonyl (C=O) groups excluding carboxylic acids is 1. The Bertz CT molecular complexity index is 833. The lowest BCUT2D eigenvalue weighted by molar-refractivity contribution is -0.141. The van der Waals surface area contributed by atoms with Crippen molar-refractivity contribution < 1.29 is 18.0 Å². The Morgan fingerprint density at radius 3 is 2.40 bits per heavy atom. The van der Waals surface area contributed by atoms with Crippen molar-refractivity contribution in [2.45, 2.75) is 18.1 Å². The monoisotopic (exact) mass is 351 g/mol. The third kappa shape index (κ3) is 3.43. The van der Waals surface area contributed by atoms with Crippen LogP contribution < -0.4 is 11.3 Å². The number of nitrogens with zero attached hydrogens (tertiary/aromatic N) is 1. The number of amides is 1. The second-order valence-corrected chi connectivity index (χ2v) is 6.00. The molecule has 1 aromatic carbocycles. The third-order valence-corrected chi connectivity index (χ3v) is 4.33. The SMILES string of the molecule is N[C@@H]1CN(C(=O)c2ccc(C(F)(F)F)[nH]c2=O)C[C@H]1c1ccccc1. The average Bonchev–Trinajstić information content (AvgIpc) is 2.96. The minimum atomic E-state index is -4.67. The van der Waals surface area contributed by atoms with Gasteiger partial charge < -0.3 is 15.6 Å². The first-order valence-electron chi connectivity index (χ1n) is 7.67. The summed E-state index contributed by atoms with van der Waals surface area (Å²) in [5.74, 6) is -0.706. The van der Waals surface area contributed by atoms with E-state index >= 15 is 0 Å². The quantitative estimate of drug-likeness (QED) is 0.868. The van der Waals surface area contributed by atoms with Crippen LogP contribution in [-0.2, 0) is 6.18 Å². The molecule has 25 heavy (non-hydrogen) atoms. The zero-order valence-electron chi connectivity index (χ0n) is 13.1. The van der Waals surface area contributed by atoms with E-state index in [1.54, 1.807) is 4.98 Å². The van der Waals surface area contributed by atoms with Gasteiger partial charge >= 0.3 is 6.18 Å². The minimum Gasteiger partial charge on any atom is -0.336 e. The first kappa shape index (κ1) is 17.2. The van der Waals surface area contributed by atoms with Gasteiger partial charge in [0.05, 0.1) is 0 Å². The Morgan fingerprint density at radius 2 is 1.80 bits per heavy atom. The van der Waals surface area contributed by atoms with Crippen molar-refractivity contribution in [3.63, 3.8) is 0 Å². The number of rotatable bonds is 2. The summed E-state index contributed by atoms with van der Waals surface area (Å²) in [5.41, 5.74) is 4.52. The molecule has 1 aliphatic heterocycles. The van der Waals surface area contributed by atoms with Gasteiger partial charge in [0.15, 0.2) is 0 Å². The molecule has 0 spiro atoms. The lowest BCUT2D eigenvalue weighted by Gasteiger charge is -2.16. The third-order valence-electron chi connectivity index (χ3n) is 4.33. The number of H-pyrrole nitrogens is 1. The second kappa shape index (κ2) is 6.36. The first-order valence-corrected chi connectivity index (χ1v) is 7.67. The Hall–Kier alpha value is -2.61. The number of aromatic nitrogens is 1. The van der Waals surface area contributed by atoms with E-state index < -0.39 is 23.3 Å². The van der Waals surface area contributed by atoms with Crippen LogP contribution in [0.5, 0.6) is 0 Å². The van der Waals surface area contributed by atoms with Crippen molar-refractivity contribution in [2.75, 3.05) is 13.1 Å². The fraction of sp³-hybridized carbons (Fsp3) is 0.294. The van der Waals surface area contributed by atoms with Crippen LogP contribution in [0.3, 0.4) is 0 Å². The summed E-state index contributed by atoms with van der Waals surface area (Å²) >= 11 is 0. The van der Waals surface area contributed by atoms with Crippen LogP contribution in [-0.4, -0.2) is 34.9 Å². The van der Waals surface area contributed by atoms with Crippen LogP contribution in [0.15, 0.2) is 47.3 Å². The summed E-state index contributed by atoms with van der Waals surface area (Å²) in [6.45, 7) is 0.545. The standard InChI is InChI=1S/C17H16F3N3O2/c18-17(19,20)14-7-6-11(15(24)22-14)16(25)23-8-12(13(21)9-23)10-4-2-1-3-5-10/h1-7,12-13H,8-9,21H2,(H,22,24)/t12-,13+/m0/s1. The molecule has 0 saturated carbocycles. The van der Waals surface area contributed by atoms with E-state index in [2.05, 4.69) is 0 Å². The van der Waals surface area contributed by atoms with Gasteiger partial charge in [-0.25, -0.2) is 0 Å². The largest absolute Gasteiger partial charge is 0.431 e. The van der Waals surface area contributed by atoms with Gasteiger partial charge in [0.1, 0.15) is 11.3 Å². The van der Waals surface area contributed by atoms with Gasteiger partial charge in [0.2, 0.25) is 0 Å². The van der Waals surface area contributed by atoms with Crippen molar-refractivity contribution in [3.8, 4) is 0 Å². The molecule has 1 fully saturated rings. The van der Waals surface area contributed by atoms with Gasteiger partial charge in [-0.15, -0.1) is 0 Å². The molecule has 3 N–H and O–H groups in total. The number of likely N-dealkylation sites (tertiary alicyclic amines) is 1. The number of aromatic amines is 1. The van der Waals surface area contributed by atoms with Gasteiger partial charge in [-0.1, -0.05) is 30.3 Å². The summed E-state index contributed by atoms with van der Waals surface area (Å²) in [7, 11) is 0. The maximum atomic E-state index is 12.6. The van der Waals surface area contributed by atoms with Gasteiger partial charge in [-0.05, 0) is 17.7 Å². The minimum absolute atomic E-state index is 0.0846. The number of carbonyl (C=O) groups is 1. The van der Waals surface area contributed by atoms with Crippen molar-refractivity contribution in [3.05, 3.63) is 69.6 Å². The van der Waals surface area contributed by atoms with E-state index in [0.29, 0.717) is 12.6 Å². The van der Waals surface area contributed by atoms with Crippen LogP contribution >= 0.6 is 0 Å². The molecule has 2 atom stereocenters. The van der Waals surface area contributed by atoms with E-state index in [4.69, 9.17) is 5.73 Å². The summed E-state index contributed by atoms with van der Waals surface area (Å²) in [5, 5.41) is 0. The molecule has 1 saturated heterocycles. The van der Waals surface area contributed by atoms with E-state index in [-0.39, 0.29) is 24.1 Å². The summed E-state index contributed by atoms with van der Waals surface area (Å²) in [6, 6.07) is 10.7. The Labute approximate surface area is 141 Å². The predicted molar refractivity (Wildman–Crippen MR) is 85.1 cm³/mol. The average molecular weight is 351 g/mol. The smallest absolute Gasteiger partial charge is 0.336 e. The number of hydrogen-bond donors (Lipinski definition) is 2. The van der Waals surface area contributed by atoms with Crippen molar-refractivity contribution in [1.29, 1.82) is 0 Å². The van der Waals surface area contributed by atoms with Crippen molar-refractivity contribution >= 4 is 5.91 Å². The van der Waals surface area contributed by atoms with E-state index in [1.165, 1.54) is 4.90 Å². The van der Waals surface area contributed by atoms with Gasteiger partial charge in [-0.2, -0.15) is 13.2 Å². The predicted octanol–water partition coefficient (Wildman–Crippen LogP) is 1.96. The summed E-state index contributed by atoms with van der Waals surface area (Å²) < 4.78 is 37.8. The van der Waals surface area contributed by atoms with Crippen LogP contribution in [0.25, 0.3) is 0 Å². The molecule has 3 rings (SSSR count). The summed E-state index contributed by atoms with van der Waals surface area (Å²) in [6.07, 6.45) is -4.67. The molecule has 132 valence electrons. The number of nitrogens with two attached hydrogens (primary N) is 1. The van der Waals surface area contributed by atoms with E-state index in [1.807, 2.05) is 30.3 Å². The molecule has 1 aromatic heterocycles. The number of pyridine rings is 1. The molecule has 1 amide bonds. The number of benzene rings is 1. The van der Waals surface area contributed by atoms with Crippen LogP contribution in [0.2, 0.25) is 0 Å². The van der Waals surface area contributed by atoms with Gasteiger partial charge in [0.25, 0.3) is 11.5 Å². The fourth-order valence-electron chi connectivity index (χ4n) is 3.03. The van der Waals surface area contributed by atoms with Crippen LogP contribution in [0.1, 0.15) is 27.5 Å². The molecule has 2 aromatic rings. The van der Waals surface area contributed by atoms with Crippen molar-refractivity contribution in [2.24, 2.45) is 5.73 Å². The lowest BCUT2D eigenvalue weighted by atomic mass is 9.95. The van der Waals surface area contributed by atoms with E-state index in [0.717, 1.165) is 11.6 Å². The molecule has 0 aliphatic carbocycles. The highest BCUT2D eigenvalue weighted by molar-refractivity contribution is 5.94. The Kier molecular flexibility index (Phi) is 4.38. The van der Waals surface area contributed by atoms with E-state index in [9.17, 15) is 22.8 Å². The number of halogens is 3. The maximum Gasteiger partial charge on any atom is 0.431 e. The highest BCUT2D eigenvalue weighted by Gasteiger charge is 2.36. The van der Waals surface area contributed by atoms with Gasteiger partial charge in [0, 0.05) is 25.0 Å². The first-order chi connectivity index (χ1) is 11.8. The van der Waals surface area contributed by atoms with Crippen molar-refractivity contribution in [1.82, 2.24) is 9.88 Å². The Morgan fingerprint density at radius 1 is 1.12 bits per heavy atom. The molecule has 5 nitrogen and oxygen atoms in total. The number of nitrogens with one attached hydrogen (secondary N) is 1. The fourth-order valence-corrected chi connectivity index (χ4v) is 3.03. The lowest BCUT2D eigenvalue weighted by Crippen LogP contribution is -2.35. The topological polar surface area (TPSA) is 79.2 Å². The number of alkyl halides is 3. The maximum absolute atomic E-state index is 12.6. The zero-order valence-corrected chi connectivity index (χ0v) is 13.1. The second-order valence-electron chi connectivity index (χ2n) is 6.00. The van der Waals surface area contributed by atoms with Crippen LogP contribution in [0, 0.1) is 0 Å². The highest BCUT2D eigenvalue weighted by atomic mass is 19.4. The Balaban J connectivity index is 1.82. The summed E-state index contributed by atoms with van der Waals surface area (Å²) in [4.78, 5) is 27.5. The molecule has 0 radical (unpaired) electrons. The molecule has 0 unspecified atom stereocenters. The molecular weight excluding hydrogens is 335 g/mol. The highest BCUT2D eigenvalue weighted by Crippen LogP contribution is 2.28. The molecule has 1 aliphatic rings. The molecule has 0 bridgehead atoms. The molecular formula is C17H16F3N3O2. The van der Waals surface area contributed by atoms with Gasteiger partial charge in [-0.3, -0.25) is 9.59 Å². The number of hydrogen-bond acceptors (Lipinski definition) is 3. The van der Waals surface area contributed by atoms with Crippen LogP contribution in [0.4, 0.5) is 13.2 Å².